The van der Waals surface area contributed by atoms with Crippen LogP contribution in [0.15, 0.2) is 0 Å². The van der Waals surface area contributed by atoms with Gasteiger partial charge in [0.25, 0.3) is 0 Å². The van der Waals surface area contributed by atoms with Crippen molar-refractivity contribution in [1.82, 2.24) is 4.90 Å². The first-order valence-corrected chi connectivity index (χ1v) is 7.14. The molecule has 4 unspecified atom stereocenters. The van der Waals surface area contributed by atoms with Gasteiger partial charge in [-0.2, -0.15) is 0 Å². The number of hydrogen-bond donors (Lipinski definition) is 2. The van der Waals surface area contributed by atoms with Crippen LogP contribution in [0.4, 0.5) is 0 Å². The van der Waals surface area contributed by atoms with Gasteiger partial charge in [-0.25, -0.2) is 0 Å². The molecule has 5 nitrogen and oxygen atoms in total. The van der Waals surface area contributed by atoms with E-state index >= 15 is 0 Å². The Labute approximate surface area is 114 Å². The van der Waals surface area contributed by atoms with E-state index in [2.05, 4.69) is 6.92 Å². The van der Waals surface area contributed by atoms with Gasteiger partial charge >= 0.3 is 5.97 Å². The van der Waals surface area contributed by atoms with Crippen LogP contribution in [-0.2, 0) is 9.59 Å². The Morgan fingerprint density at radius 3 is 2.53 bits per heavy atom. The van der Waals surface area contributed by atoms with Crippen molar-refractivity contribution in [3.8, 4) is 0 Å². The Morgan fingerprint density at radius 2 is 2.00 bits per heavy atom. The minimum atomic E-state index is -0.814. The van der Waals surface area contributed by atoms with Gasteiger partial charge in [0, 0.05) is 13.1 Å². The first-order chi connectivity index (χ1) is 8.83. The number of carbonyl (C=O) groups excluding carboxylic acids is 1. The molecule has 1 aliphatic carbocycles. The van der Waals surface area contributed by atoms with Gasteiger partial charge in [-0.05, 0) is 24.7 Å². The fourth-order valence-electron chi connectivity index (χ4n) is 3.56. The molecule has 1 heterocycles. The number of nitrogens with zero attached hydrogens (tertiary/aromatic N) is 1. The maximum Gasteiger partial charge on any atom is 0.308 e. The number of amides is 1. The van der Waals surface area contributed by atoms with E-state index in [0.29, 0.717) is 25.4 Å². The number of likely N-dealkylation sites (tertiary alicyclic amines) is 1. The summed E-state index contributed by atoms with van der Waals surface area (Å²) in [4.78, 5) is 25.4. The number of carbonyl (C=O) groups is 2. The summed E-state index contributed by atoms with van der Waals surface area (Å²) in [6.45, 7) is 4.84. The lowest BCUT2D eigenvalue weighted by Gasteiger charge is -2.38. The number of carboxylic acids is 1. The van der Waals surface area contributed by atoms with E-state index in [4.69, 9.17) is 10.8 Å². The molecular formula is C14H24N2O3. The van der Waals surface area contributed by atoms with Crippen LogP contribution >= 0.6 is 0 Å². The molecule has 0 spiro atoms. The third-order valence-corrected chi connectivity index (χ3v) is 4.68. The van der Waals surface area contributed by atoms with Crippen LogP contribution in [0.3, 0.4) is 0 Å². The standard InChI is InChI=1S/C14H24N2O3/c1-9-4-3-5-14(15,6-9)13(19)16-7-10(2)11(8-16)12(17)18/h9-11H,3-8,15H2,1-2H3,(H,17,18). The molecular weight excluding hydrogens is 244 g/mol. The van der Waals surface area contributed by atoms with Crippen LogP contribution in [0.2, 0.25) is 0 Å². The van der Waals surface area contributed by atoms with Crippen LogP contribution in [0.25, 0.3) is 0 Å². The highest BCUT2D eigenvalue weighted by Gasteiger charge is 2.45. The molecule has 1 amide bonds. The van der Waals surface area contributed by atoms with Gasteiger partial charge in [0.2, 0.25) is 5.91 Å². The average Bonchev–Trinajstić information content (AvgIpc) is 2.70. The molecule has 0 aromatic heterocycles. The molecule has 108 valence electrons. The van der Waals surface area contributed by atoms with E-state index in [9.17, 15) is 9.59 Å². The summed E-state index contributed by atoms with van der Waals surface area (Å²) in [5, 5.41) is 9.13. The molecule has 0 aromatic rings. The summed E-state index contributed by atoms with van der Waals surface area (Å²) >= 11 is 0. The van der Waals surface area contributed by atoms with Crippen LogP contribution in [0.5, 0.6) is 0 Å². The van der Waals surface area contributed by atoms with Gasteiger partial charge < -0.3 is 15.7 Å². The molecule has 19 heavy (non-hydrogen) atoms. The Bertz CT molecular complexity index is 385. The van der Waals surface area contributed by atoms with Crippen molar-refractivity contribution in [3.63, 3.8) is 0 Å². The quantitative estimate of drug-likeness (QED) is 0.784. The summed E-state index contributed by atoms with van der Waals surface area (Å²) in [6, 6.07) is 0. The molecule has 1 saturated heterocycles. The lowest BCUT2D eigenvalue weighted by atomic mass is 9.76. The number of nitrogens with two attached hydrogens (primary N) is 1. The second-order valence-electron chi connectivity index (χ2n) is 6.49. The Kier molecular flexibility index (Phi) is 3.85. The average molecular weight is 268 g/mol. The highest BCUT2D eigenvalue weighted by molar-refractivity contribution is 5.87. The molecule has 0 radical (unpaired) electrons. The van der Waals surface area contributed by atoms with E-state index in [1.54, 1.807) is 4.90 Å². The van der Waals surface area contributed by atoms with Crippen LogP contribution in [0.1, 0.15) is 39.5 Å². The van der Waals surface area contributed by atoms with Crippen molar-refractivity contribution < 1.29 is 14.7 Å². The van der Waals surface area contributed by atoms with Crippen molar-refractivity contribution in [2.45, 2.75) is 45.1 Å². The van der Waals surface area contributed by atoms with E-state index in [1.807, 2.05) is 6.92 Å². The molecule has 1 saturated carbocycles. The molecule has 0 aromatic carbocycles. The van der Waals surface area contributed by atoms with Gasteiger partial charge in [0.05, 0.1) is 11.5 Å². The number of carboxylic acid groups (broad SMARTS) is 1. The largest absolute Gasteiger partial charge is 0.481 e. The summed E-state index contributed by atoms with van der Waals surface area (Å²) < 4.78 is 0. The SMILES string of the molecule is CC1CCCC(N)(C(=O)N2CC(C)C(C(=O)O)C2)C1. The topological polar surface area (TPSA) is 83.6 Å². The predicted molar refractivity (Wildman–Crippen MR) is 71.4 cm³/mol. The van der Waals surface area contributed by atoms with Gasteiger partial charge in [-0.3, -0.25) is 9.59 Å². The van der Waals surface area contributed by atoms with Crippen LogP contribution in [-0.4, -0.2) is 40.5 Å². The fourth-order valence-corrected chi connectivity index (χ4v) is 3.56. The smallest absolute Gasteiger partial charge is 0.308 e. The van der Waals surface area contributed by atoms with E-state index in [1.165, 1.54) is 0 Å². The first-order valence-electron chi connectivity index (χ1n) is 7.14. The minimum Gasteiger partial charge on any atom is -0.481 e. The first kappa shape index (κ1) is 14.3. The molecule has 3 N–H and O–H groups in total. The second kappa shape index (κ2) is 5.12. The van der Waals surface area contributed by atoms with Gasteiger partial charge in [-0.1, -0.05) is 26.7 Å². The highest BCUT2D eigenvalue weighted by atomic mass is 16.4. The normalized spacial score (nSPS) is 39.3. The van der Waals surface area contributed by atoms with Crippen LogP contribution in [0, 0.1) is 17.8 Å². The van der Waals surface area contributed by atoms with Crippen molar-refractivity contribution in [3.05, 3.63) is 0 Å². The van der Waals surface area contributed by atoms with Crippen LogP contribution < -0.4 is 5.73 Å². The number of hydrogen-bond acceptors (Lipinski definition) is 3. The maximum absolute atomic E-state index is 12.6. The molecule has 5 heteroatoms. The zero-order valence-electron chi connectivity index (χ0n) is 11.8. The van der Waals surface area contributed by atoms with Crippen molar-refractivity contribution >= 4 is 11.9 Å². The third-order valence-electron chi connectivity index (χ3n) is 4.68. The number of aliphatic carboxylic acids is 1. The Morgan fingerprint density at radius 1 is 1.32 bits per heavy atom. The Hall–Kier alpha value is -1.10. The minimum absolute atomic E-state index is 0.00561. The monoisotopic (exact) mass is 268 g/mol. The molecule has 0 bridgehead atoms. The lowest BCUT2D eigenvalue weighted by Crippen LogP contribution is -2.57. The van der Waals surface area contributed by atoms with E-state index < -0.39 is 17.4 Å². The number of rotatable bonds is 2. The van der Waals surface area contributed by atoms with E-state index in [0.717, 1.165) is 19.3 Å². The molecule has 2 rings (SSSR count). The summed E-state index contributed by atoms with van der Waals surface area (Å²) in [7, 11) is 0. The van der Waals surface area contributed by atoms with E-state index in [-0.39, 0.29) is 11.8 Å². The zero-order valence-corrected chi connectivity index (χ0v) is 11.8. The van der Waals surface area contributed by atoms with Gasteiger partial charge in [-0.15, -0.1) is 0 Å². The predicted octanol–water partition coefficient (Wildman–Crippen LogP) is 1.07. The molecule has 2 aliphatic rings. The van der Waals surface area contributed by atoms with Gasteiger partial charge in [0.15, 0.2) is 0 Å². The molecule has 1 aliphatic heterocycles. The lowest BCUT2D eigenvalue weighted by molar-refractivity contribution is -0.142. The summed E-state index contributed by atoms with van der Waals surface area (Å²) in [6.07, 6.45) is 3.54. The zero-order chi connectivity index (χ0) is 14.2. The second-order valence-corrected chi connectivity index (χ2v) is 6.49. The van der Waals surface area contributed by atoms with Gasteiger partial charge in [0.1, 0.15) is 0 Å². The van der Waals surface area contributed by atoms with Crippen molar-refractivity contribution in [1.29, 1.82) is 0 Å². The molecule has 2 fully saturated rings. The third kappa shape index (κ3) is 2.76. The fraction of sp³-hybridized carbons (Fsp3) is 0.857. The summed E-state index contributed by atoms with van der Waals surface area (Å²) in [5.74, 6) is -0.835. The Balaban J connectivity index is 2.06. The summed E-state index contributed by atoms with van der Waals surface area (Å²) in [5.41, 5.74) is 5.53. The highest BCUT2D eigenvalue weighted by Crippen LogP contribution is 2.34. The maximum atomic E-state index is 12.6. The van der Waals surface area contributed by atoms with Crippen molar-refractivity contribution in [2.75, 3.05) is 13.1 Å². The van der Waals surface area contributed by atoms with Crippen molar-refractivity contribution in [2.24, 2.45) is 23.5 Å². The molecule has 4 atom stereocenters.